The van der Waals surface area contributed by atoms with Crippen molar-refractivity contribution < 1.29 is 19.0 Å². The number of amidine groups is 1. The Morgan fingerprint density at radius 1 is 1.05 bits per heavy atom. The van der Waals surface area contributed by atoms with Crippen LogP contribution in [-0.2, 0) is 9.47 Å². The number of benzene rings is 3. The molecule has 3 aromatic carbocycles. The molecule has 37 heavy (non-hydrogen) atoms. The third-order valence-electron chi connectivity index (χ3n) is 6.09. The molecule has 8 nitrogen and oxygen atoms in total. The van der Waals surface area contributed by atoms with Gasteiger partial charge in [0.1, 0.15) is 18.2 Å². The molecule has 1 amide bonds. The molecule has 1 unspecified atom stereocenters. The van der Waals surface area contributed by atoms with Crippen molar-refractivity contribution in [1.82, 2.24) is 0 Å². The van der Waals surface area contributed by atoms with Crippen molar-refractivity contribution in [2.45, 2.75) is 6.10 Å². The number of carbonyl (C=O) groups is 1. The highest BCUT2D eigenvalue weighted by Crippen LogP contribution is 2.35. The number of nitrogens with two attached hydrogens (primary N) is 1. The summed E-state index contributed by atoms with van der Waals surface area (Å²) in [7, 11) is 0. The number of morpholine rings is 1. The van der Waals surface area contributed by atoms with E-state index in [0.717, 1.165) is 34.4 Å². The van der Waals surface area contributed by atoms with E-state index >= 15 is 0 Å². The Morgan fingerprint density at radius 2 is 1.81 bits per heavy atom. The molecule has 0 spiro atoms. The molecule has 4 N–H and O–H groups in total. The summed E-state index contributed by atoms with van der Waals surface area (Å²) in [5.74, 6) is 0.654. The Balaban J connectivity index is 1.32. The minimum absolute atomic E-state index is 0.00958. The van der Waals surface area contributed by atoms with Gasteiger partial charge in [-0.05, 0) is 35.9 Å². The van der Waals surface area contributed by atoms with Gasteiger partial charge in [0, 0.05) is 23.2 Å². The topological polar surface area (TPSA) is 110 Å². The van der Waals surface area contributed by atoms with Crippen molar-refractivity contribution in [2.75, 3.05) is 43.1 Å². The second-order valence-electron chi connectivity index (χ2n) is 8.55. The van der Waals surface area contributed by atoms with Crippen LogP contribution in [0.5, 0.6) is 5.75 Å². The first-order chi connectivity index (χ1) is 18.1. The van der Waals surface area contributed by atoms with Gasteiger partial charge in [-0.1, -0.05) is 48.5 Å². The molecule has 1 fully saturated rings. The Hall–Kier alpha value is -4.08. The summed E-state index contributed by atoms with van der Waals surface area (Å²) >= 11 is 1.44. The molecular formula is C28H28N4O4S. The molecule has 0 saturated carbocycles. The van der Waals surface area contributed by atoms with Crippen molar-refractivity contribution in [1.29, 1.82) is 5.41 Å². The fourth-order valence-corrected chi connectivity index (χ4v) is 5.19. The van der Waals surface area contributed by atoms with E-state index in [4.69, 9.17) is 25.4 Å². The second-order valence-corrected chi connectivity index (χ2v) is 9.63. The molecule has 4 aromatic rings. The van der Waals surface area contributed by atoms with Gasteiger partial charge in [0.05, 0.1) is 29.5 Å². The normalized spacial score (nSPS) is 14.2. The number of nitrogens with one attached hydrogen (secondary N) is 2. The van der Waals surface area contributed by atoms with Crippen LogP contribution in [0.4, 0.5) is 16.2 Å². The zero-order valence-corrected chi connectivity index (χ0v) is 21.0. The Labute approximate surface area is 219 Å². The molecule has 2 heterocycles. The summed E-state index contributed by atoms with van der Waals surface area (Å²) in [5.41, 5.74) is 8.20. The third kappa shape index (κ3) is 5.84. The standard InChI is InChI=1S/C28H28N4O4S/c29-27(30)26-17-20-23(11-6-12-25(20)37-26)36-24(19-7-2-1-3-8-19)18-35-28(33)31-21-9-4-5-10-22(21)32-13-15-34-16-14-32/h1-12,17,24H,13-16,18H2,(H3,29,30)(H,31,33). The molecule has 1 aliphatic heterocycles. The maximum atomic E-state index is 12.9. The van der Waals surface area contributed by atoms with E-state index < -0.39 is 12.2 Å². The average Bonchev–Trinajstić information content (AvgIpc) is 3.38. The summed E-state index contributed by atoms with van der Waals surface area (Å²) in [4.78, 5) is 15.7. The predicted molar refractivity (Wildman–Crippen MR) is 147 cm³/mol. The molecule has 1 aromatic heterocycles. The van der Waals surface area contributed by atoms with E-state index in [9.17, 15) is 4.79 Å². The first-order valence-electron chi connectivity index (χ1n) is 12.0. The Morgan fingerprint density at radius 3 is 2.59 bits per heavy atom. The molecule has 1 saturated heterocycles. The van der Waals surface area contributed by atoms with E-state index in [1.165, 1.54) is 11.3 Å². The first kappa shape index (κ1) is 24.6. The molecule has 190 valence electrons. The zero-order chi connectivity index (χ0) is 25.6. The van der Waals surface area contributed by atoms with Gasteiger partial charge in [-0.2, -0.15) is 0 Å². The molecule has 5 rings (SSSR count). The maximum absolute atomic E-state index is 12.9. The number of amides is 1. The summed E-state index contributed by atoms with van der Waals surface area (Å²) in [6, 6.07) is 24.9. The van der Waals surface area contributed by atoms with Gasteiger partial charge in [-0.25, -0.2) is 4.79 Å². The van der Waals surface area contributed by atoms with Crippen molar-refractivity contribution in [3.05, 3.63) is 89.3 Å². The quantitative estimate of drug-likeness (QED) is 0.214. The van der Waals surface area contributed by atoms with Crippen LogP contribution >= 0.6 is 11.3 Å². The highest BCUT2D eigenvalue weighted by atomic mass is 32.1. The van der Waals surface area contributed by atoms with E-state index in [-0.39, 0.29) is 12.4 Å². The monoisotopic (exact) mass is 516 g/mol. The van der Waals surface area contributed by atoms with Crippen LogP contribution in [0.15, 0.2) is 78.9 Å². The predicted octanol–water partition coefficient (Wildman–Crippen LogP) is 5.39. The van der Waals surface area contributed by atoms with Crippen LogP contribution in [0.2, 0.25) is 0 Å². The van der Waals surface area contributed by atoms with E-state index in [2.05, 4.69) is 10.2 Å². The average molecular weight is 517 g/mol. The van der Waals surface area contributed by atoms with E-state index in [1.54, 1.807) is 0 Å². The Bertz CT molecular complexity index is 1390. The summed E-state index contributed by atoms with van der Waals surface area (Å²) in [5, 5.41) is 11.5. The fraction of sp³-hybridized carbons (Fsp3) is 0.214. The highest BCUT2D eigenvalue weighted by molar-refractivity contribution is 7.20. The fourth-order valence-electron chi connectivity index (χ4n) is 4.25. The van der Waals surface area contributed by atoms with Crippen molar-refractivity contribution in [3.8, 4) is 5.75 Å². The second kappa shape index (κ2) is 11.3. The van der Waals surface area contributed by atoms with Crippen molar-refractivity contribution in [2.24, 2.45) is 5.73 Å². The number of carbonyl (C=O) groups excluding carboxylic acids is 1. The Kier molecular flexibility index (Phi) is 7.53. The van der Waals surface area contributed by atoms with E-state index in [1.807, 2.05) is 78.9 Å². The third-order valence-corrected chi connectivity index (χ3v) is 7.22. The lowest BCUT2D eigenvalue weighted by Crippen LogP contribution is -2.36. The van der Waals surface area contributed by atoms with Crippen LogP contribution in [0.3, 0.4) is 0 Å². The summed E-state index contributed by atoms with van der Waals surface area (Å²) < 4.78 is 18.5. The highest BCUT2D eigenvalue weighted by Gasteiger charge is 2.20. The maximum Gasteiger partial charge on any atom is 0.411 e. The number of thiophene rings is 1. The number of rotatable bonds is 8. The van der Waals surface area contributed by atoms with E-state index in [0.29, 0.717) is 29.5 Å². The lowest BCUT2D eigenvalue weighted by molar-refractivity contribution is 0.0910. The van der Waals surface area contributed by atoms with Crippen LogP contribution in [0, 0.1) is 5.41 Å². The number of fused-ring (bicyclic) bond motifs is 1. The molecule has 0 aliphatic carbocycles. The number of anilines is 2. The SMILES string of the molecule is N=C(N)c1cc2c(OC(COC(=O)Nc3ccccc3N3CCOCC3)c3ccccc3)cccc2s1. The lowest BCUT2D eigenvalue weighted by atomic mass is 10.1. The van der Waals surface area contributed by atoms with Crippen molar-refractivity contribution >= 4 is 44.7 Å². The number of ether oxygens (including phenoxy) is 3. The van der Waals surface area contributed by atoms with Crippen molar-refractivity contribution in [3.63, 3.8) is 0 Å². The lowest BCUT2D eigenvalue weighted by Gasteiger charge is -2.30. The van der Waals surface area contributed by atoms with Gasteiger partial charge in [0.25, 0.3) is 0 Å². The van der Waals surface area contributed by atoms with Gasteiger partial charge in [0.2, 0.25) is 0 Å². The van der Waals surface area contributed by atoms with Gasteiger partial charge in [-0.3, -0.25) is 10.7 Å². The number of para-hydroxylation sites is 2. The molecule has 1 atom stereocenters. The molecule has 0 radical (unpaired) electrons. The summed E-state index contributed by atoms with van der Waals surface area (Å²) in [6.45, 7) is 2.84. The number of hydrogen-bond acceptors (Lipinski definition) is 7. The van der Waals surface area contributed by atoms with Crippen LogP contribution in [0.1, 0.15) is 16.5 Å². The number of nitrogens with zero attached hydrogens (tertiary/aromatic N) is 1. The van der Waals surface area contributed by atoms with Gasteiger partial charge >= 0.3 is 6.09 Å². The smallest absolute Gasteiger partial charge is 0.411 e. The first-order valence-corrected chi connectivity index (χ1v) is 12.8. The minimum atomic E-state index is -0.558. The van der Waals surface area contributed by atoms with Crippen LogP contribution in [0.25, 0.3) is 10.1 Å². The molecule has 1 aliphatic rings. The largest absolute Gasteiger partial charge is 0.481 e. The van der Waals surface area contributed by atoms with Gasteiger partial charge in [-0.15, -0.1) is 11.3 Å². The number of hydrogen-bond donors (Lipinski definition) is 3. The van der Waals surface area contributed by atoms with Crippen LogP contribution < -0.4 is 20.7 Å². The summed E-state index contributed by atoms with van der Waals surface area (Å²) in [6.07, 6.45) is -1.09. The molecular weight excluding hydrogens is 488 g/mol. The van der Waals surface area contributed by atoms with Gasteiger partial charge < -0.3 is 24.8 Å². The zero-order valence-electron chi connectivity index (χ0n) is 20.2. The van der Waals surface area contributed by atoms with Gasteiger partial charge in [0.15, 0.2) is 6.10 Å². The van der Waals surface area contributed by atoms with Crippen LogP contribution in [-0.4, -0.2) is 44.8 Å². The molecule has 9 heteroatoms. The number of nitrogen functional groups attached to an aromatic ring is 1. The molecule has 0 bridgehead atoms. The minimum Gasteiger partial charge on any atom is -0.481 e.